The van der Waals surface area contributed by atoms with Gasteiger partial charge in [-0.05, 0) is 301 Å². The van der Waals surface area contributed by atoms with Gasteiger partial charge in [-0.2, -0.15) is 0 Å². The minimum atomic E-state index is 0.890. The Labute approximate surface area is 741 Å². The number of rotatable bonds is 15. The summed E-state index contributed by atoms with van der Waals surface area (Å²) in [4.78, 5) is 10.0. The fourth-order valence-corrected chi connectivity index (χ4v) is 22.8. The van der Waals surface area contributed by atoms with Crippen LogP contribution in [0.2, 0.25) is 0 Å². The lowest BCUT2D eigenvalue weighted by atomic mass is 9.94. The van der Waals surface area contributed by atoms with Crippen LogP contribution >= 0.6 is 0 Å². The van der Waals surface area contributed by atoms with Gasteiger partial charge in [0.15, 0.2) is 0 Å². The SMILES string of the molecule is Cc1ccc(N(c2cc(C)ccc2C)c2ccc3c4cc5c(cc4n4c6ccccc6c2c34)c2ccc(N(c3ccc(CCc4c(C)cc(N(c6ccccc6)c6ccc7c8cc9c(cc8n8c%10ccccc%10c6c78)c6ccc(N(c7ccccc7)c7cc(C)c(C)c(C)c7)c7c8ccccc8n9c67)cc4C)cc3)c3cc(C)ccc3C)c3c4ccccc4n5c23)cc1. The molecule has 0 atom stereocenters. The summed E-state index contributed by atoms with van der Waals surface area (Å²) in [5.74, 6) is 0. The minimum absolute atomic E-state index is 0.890. The summed E-state index contributed by atoms with van der Waals surface area (Å²) in [6.45, 7) is 22.5. The van der Waals surface area contributed by atoms with Crippen LogP contribution in [0.4, 0.5) is 68.2 Å². The van der Waals surface area contributed by atoms with Crippen molar-refractivity contribution < 1.29 is 0 Å². The lowest BCUT2D eigenvalue weighted by Gasteiger charge is -2.29. The Morgan fingerprint density at radius 1 is 0.188 bits per heavy atom. The third kappa shape index (κ3) is 10.5. The van der Waals surface area contributed by atoms with Gasteiger partial charge in [0.05, 0.1) is 88.9 Å². The van der Waals surface area contributed by atoms with Crippen LogP contribution < -0.4 is 19.6 Å². The lowest BCUT2D eigenvalue weighted by molar-refractivity contribution is 0.937. The molecule has 0 fully saturated rings. The molecule has 8 heteroatoms. The molecule has 0 N–H and O–H groups in total. The monoisotopic (exact) mass is 1640 g/mol. The zero-order chi connectivity index (χ0) is 85.7. The molecular weight excluding hydrogens is 1550 g/mol. The molecule has 128 heavy (non-hydrogen) atoms. The predicted octanol–water partition coefficient (Wildman–Crippen LogP) is 33.0. The number of anilines is 12. The summed E-state index contributed by atoms with van der Waals surface area (Å²) in [7, 11) is 0. The standard InChI is InChI=1S/C120H90N8/c1-69-39-46-82(47-40-69)123(107-59-70(2)37-41-72(107)4)105-57-53-89-97-67-112-98(68-111(97)127-101-35-23-19-31-93(101)115(105)119(89)127)90-54-58-106(116-94-32-20-24-36-102(94)128(112)120(90)116)124(108-60-71(3)38-42-73(108)5)83-48-43-79(44-49-83)45-50-86-76(8)63-85(64-77(86)9)122(81-27-15-12-16-28-81)104-56-52-88-96-66-109-95(65-110(96)126-100-34-22-18-30-92(100)114(104)118(88)126)87-51-55-103(113-91-29-17-21-33-99(91)125(109)117(87)113)121(80-25-13-11-14-26-80)84-61-74(6)78(10)75(7)62-84/h11-44,46-49,51-68H,45,50H2,1-10H3. The van der Waals surface area contributed by atoms with Crippen LogP contribution in [0.1, 0.15) is 66.8 Å². The van der Waals surface area contributed by atoms with Gasteiger partial charge in [-0.15, -0.1) is 0 Å². The molecule has 8 aromatic heterocycles. The number of hydrogen-bond acceptors (Lipinski definition) is 4. The molecule has 0 amide bonds. The summed E-state index contributed by atoms with van der Waals surface area (Å²) in [5, 5.41) is 19.9. The Hall–Kier alpha value is -15.6. The van der Waals surface area contributed by atoms with Gasteiger partial charge in [0.1, 0.15) is 0 Å². The normalized spacial score (nSPS) is 12.4. The average Bonchev–Trinajstić information content (AvgIpc) is 1.51. The first kappa shape index (κ1) is 73.8. The largest absolute Gasteiger partial charge is 0.310 e. The van der Waals surface area contributed by atoms with Crippen molar-refractivity contribution >= 4 is 221 Å². The number of nitrogens with zero attached hydrogens (tertiary/aromatic N) is 8. The van der Waals surface area contributed by atoms with Crippen LogP contribution in [0, 0.1) is 69.2 Å². The zero-order valence-corrected chi connectivity index (χ0v) is 73.3. The Kier molecular flexibility index (Phi) is 15.8. The second-order valence-electron chi connectivity index (χ2n) is 36.5. The molecule has 0 unspecified atom stereocenters. The van der Waals surface area contributed by atoms with Crippen molar-refractivity contribution in [1.29, 1.82) is 0 Å². The van der Waals surface area contributed by atoms with E-state index in [1.54, 1.807) is 0 Å². The zero-order valence-electron chi connectivity index (χ0n) is 73.3. The lowest BCUT2D eigenvalue weighted by Crippen LogP contribution is -2.12. The van der Waals surface area contributed by atoms with Crippen LogP contribution in [-0.2, 0) is 12.8 Å². The van der Waals surface area contributed by atoms with E-state index in [0.29, 0.717) is 0 Å². The van der Waals surface area contributed by atoms with Gasteiger partial charge in [-0.25, -0.2) is 0 Å². The van der Waals surface area contributed by atoms with Crippen molar-refractivity contribution in [2.75, 3.05) is 19.6 Å². The topological polar surface area (TPSA) is 30.6 Å². The summed E-state index contributed by atoms with van der Waals surface area (Å²) < 4.78 is 10.3. The molecule has 18 aromatic carbocycles. The van der Waals surface area contributed by atoms with Crippen LogP contribution in [0.15, 0.2) is 340 Å². The Balaban J connectivity index is 0.561. The summed E-state index contributed by atoms with van der Waals surface area (Å²) >= 11 is 0. The van der Waals surface area contributed by atoms with E-state index >= 15 is 0 Å². The first-order chi connectivity index (χ1) is 62.7. The molecule has 0 saturated heterocycles. The predicted molar refractivity (Wildman–Crippen MR) is 545 cm³/mol. The fourth-order valence-electron chi connectivity index (χ4n) is 22.8. The summed E-state index contributed by atoms with van der Waals surface area (Å²) in [5.41, 5.74) is 43.8. The number of fused-ring (bicyclic) bond motifs is 24. The third-order valence-corrected chi connectivity index (χ3v) is 29.0. The van der Waals surface area contributed by atoms with Gasteiger partial charge in [-0.1, -0.05) is 188 Å². The number of aromatic nitrogens is 4. The fraction of sp³-hybridized carbons (Fsp3) is 0.100. The highest BCUT2D eigenvalue weighted by Gasteiger charge is 2.33. The van der Waals surface area contributed by atoms with Crippen molar-refractivity contribution in [2.24, 2.45) is 0 Å². The smallest absolute Gasteiger partial charge is 0.0641 e. The molecule has 26 rings (SSSR count). The quantitative estimate of drug-likeness (QED) is 0.102. The van der Waals surface area contributed by atoms with E-state index in [0.717, 1.165) is 58.3 Å². The van der Waals surface area contributed by atoms with E-state index < -0.39 is 0 Å². The van der Waals surface area contributed by atoms with Gasteiger partial charge >= 0.3 is 0 Å². The summed E-state index contributed by atoms with van der Waals surface area (Å²) in [6, 6.07) is 129. The second-order valence-corrected chi connectivity index (χ2v) is 36.5. The van der Waals surface area contributed by atoms with E-state index in [-0.39, 0.29) is 0 Å². The molecule has 0 aliphatic heterocycles. The Bertz CT molecular complexity index is 9090. The van der Waals surface area contributed by atoms with Gasteiger partial charge in [0, 0.05) is 132 Å². The molecule has 610 valence electrons. The maximum Gasteiger partial charge on any atom is 0.0641 e. The Morgan fingerprint density at radius 2 is 0.484 bits per heavy atom. The molecule has 0 saturated carbocycles. The number of para-hydroxylation sites is 6. The van der Waals surface area contributed by atoms with Crippen LogP contribution in [-0.4, -0.2) is 17.6 Å². The first-order valence-electron chi connectivity index (χ1n) is 45.1. The van der Waals surface area contributed by atoms with E-state index in [1.807, 2.05) is 0 Å². The molecule has 8 nitrogen and oxygen atoms in total. The maximum atomic E-state index is 2.58. The van der Waals surface area contributed by atoms with Crippen LogP contribution in [0.25, 0.3) is 152 Å². The van der Waals surface area contributed by atoms with E-state index in [4.69, 9.17) is 0 Å². The number of aryl methyl sites for hydroxylation is 10. The minimum Gasteiger partial charge on any atom is -0.310 e. The molecule has 0 radical (unpaired) electrons. The van der Waals surface area contributed by atoms with Crippen molar-refractivity contribution in [3.63, 3.8) is 0 Å². The highest BCUT2D eigenvalue weighted by Crippen LogP contribution is 2.56. The van der Waals surface area contributed by atoms with Crippen LogP contribution in [0.5, 0.6) is 0 Å². The molecule has 8 heterocycles. The average molecular weight is 1640 g/mol. The van der Waals surface area contributed by atoms with Crippen LogP contribution in [0.3, 0.4) is 0 Å². The van der Waals surface area contributed by atoms with Gasteiger partial charge in [-0.3, -0.25) is 0 Å². The molecular formula is C120H90N8. The molecule has 0 aliphatic carbocycles. The van der Waals surface area contributed by atoms with E-state index in [2.05, 4.69) is 446 Å². The number of hydrogen-bond donors (Lipinski definition) is 0. The molecule has 0 aliphatic rings. The molecule has 0 bridgehead atoms. The van der Waals surface area contributed by atoms with Gasteiger partial charge < -0.3 is 37.2 Å². The maximum absolute atomic E-state index is 2.58. The van der Waals surface area contributed by atoms with E-state index in [9.17, 15) is 0 Å². The van der Waals surface area contributed by atoms with Crippen molar-refractivity contribution in [2.45, 2.75) is 82.1 Å². The highest BCUT2D eigenvalue weighted by atomic mass is 15.2. The van der Waals surface area contributed by atoms with Crippen molar-refractivity contribution in [1.82, 2.24) is 17.6 Å². The first-order valence-corrected chi connectivity index (χ1v) is 45.1. The molecule has 0 spiro atoms. The van der Waals surface area contributed by atoms with Gasteiger partial charge in [0.2, 0.25) is 0 Å². The number of benzene rings is 18. The second kappa shape index (κ2) is 27.4. The van der Waals surface area contributed by atoms with Crippen molar-refractivity contribution in [3.8, 4) is 0 Å². The Morgan fingerprint density at radius 3 is 0.836 bits per heavy atom. The highest BCUT2D eigenvalue weighted by molar-refractivity contribution is 6.35. The third-order valence-electron chi connectivity index (χ3n) is 29.0. The van der Waals surface area contributed by atoms with Gasteiger partial charge in [0.25, 0.3) is 0 Å². The summed E-state index contributed by atoms with van der Waals surface area (Å²) in [6.07, 6.45) is 1.79. The molecule has 26 aromatic rings. The van der Waals surface area contributed by atoms with E-state index in [1.165, 1.54) is 242 Å². The van der Waals surface area contributed by atoms with Crippen molar-refractivity contribution in [3.05, 3.63) is 406 Å².